The molecule has 2 heterocycles. The van der Waals surface area contributed by atoms with Crippen molar-refractivity contribution in [3.05, 3.63) is 88.2 Å². The number of likely N-dealkylation sites (N-methyl/N-ethyl adjacent to an activating group) is 1. The zero-order chi connectivity index (χ0) is 39.4. The Morgan fingerprint density at radius 3 is 2.43 bits per heavy atom. The topological polar surface area (TPSA) is 185 Å². The summed E-state index contributed by atoms with van der Waals surface area (Å²) in [5.41, 5.74) is 18.8. The Hall–Kier alpha value is -4.15. The molecular formula is C38H48ClF3N8O3S. The Balaban J connectivity index is 1.69. The van der Waals surface area contributed by atoms with Gasteiger partial charge in [0.2, 0.25) is 17.7 Å². The predicted octanol–water partition coefficient (Wildman–Crippen LogP) is 5.31. The number of unbranched alkanes of at least 4 members (excludes halogenated alkanes) is 1. The zero-order valence-electron chi connectivity index (χ0n) is 30.3. The lowest BCUT2D eigenvalue weighted by molar-refractivity contribution is -0.142. The fourth-order valence-corrected chi connectivity index (χ4v) is 7.62. The van der Waals surface area contributed by atoms with E-state index in [1.165, 1.54) is 18.1 Å². The number of aromatic nitrogens is 2. The van der Waals surface area contributed by atoms with Gasteiger partial charge in [-0.1, -0.05) is 54.6 Å². The highest BCUT2D eigenvalue weighted by molar-refractivity contribution is 7.99. The fourth-order valence-electron chi connectivity index (χ4n) is 6.09. The first-order valence-corrected chi connectivity index (χ1v) is 19.1. The second-order valence-corrected chi connectivity index (χ2v) is 14.4. The smallest absolute Gasteiger partial charge is 0.361 e. The van der Waals surface area contributed by atoms with E-state index < -0.39 is 47.6 Å². The van der Waals surface area contributed by atoms with Crippen LogP contribution in [0.4, 0.5) is 13.2 Å². The average Bonchev–Trinajstić information content (AvgIpc) is 3.57. The highest BCUT2D eigenvalue weighted by Crippen LogP contribution is 2.44. The van der Waals surface area contributed by atoms with Crippen molar-refractivity contribution in [3.63, 3.8) is 0 Å². The number of aromatic amines is 1. The summed E-state index contributed by atoms with van der Waals surface area (Å²) in [7, 11) is 1.46. The van der Waals surface area contributed by atoms with Crippen LogP contribution in [0.15, 0.2) is 70.8 Å². The SMILES string of the molecule is CCc1cccnc1Sc1c(C(F)(F)F)ccc(Cl)c1CNC(=O)[C@H](Cc1c[nH]c2ccccc12)N(C)C(=O)[C@H](CCCCN)NC(=O)[C@@H](N)CCCN. The van der Waals surface area contributed by atoms with Gasteiger partial charge in [-0.15, -0.1) is 0 Å². The second-order valence-electron chi connectivity index (χ2n) is 13.0. The van der Waals surface area contributed by atoms with Crippen LogP contribution in [-0.2, 0) is 39.9 Å². The van der Waals surface area contributed by atoms with E-state index in [0.29, 0.717) is 50.2 Å². The second kappa shape index (κ2) is 20.0. The Morgan fingerprint density at radius 2 is 1.72 bits per heavy atom. The molecule has 0 aliphatic rings. The standard InChI is InChI=1S/C38H48ClF3N8O3S/c1-3-23-10-9-19-46-36(23)54-33-26(28(39)16-15-27(33)38(40,41)42)22-48-35(52)32(20-24-21-47-30-13-5-4-11-25(24)30)50(2)37(53)31(14-6-7-17-43)49-34(51)29(45)12-8-18-44/h4-5,9-11,13,15-16,19,21,29,31-32,47H,3,6-8,12,14,17-18,20,22,43-45H2,1-2H3,(H,48,52)(H,49,51)/t29-,31-,32-/m0/s1. The van der Waals surface area contributed by atoms with Crippen LogP contribution in [0.2, 0.25) is 5.02 Å². The molecule has 0 aliphatic carbocycles. The number of alkyl halides is 3. The number of aryl methyl sites for hydroxylation is 1. The number of carbonyl (C=O) groups is 3. The number of H-pyrrole nitrogens is 1. The summed E-state index contributed by atoms with van der Waals surface area (Å²) < 4.78 is 43.3. The van der Waals surface area contributed by atoms with Crippen LogP contribution < -0.4 is 27.8 Å². The van der Waals surface area contributed by atoms with Gasteiger partial charge in [0, 0.05) is 58.8 Å². The van der Waals surface area contributed by atoms with Crippen molar-refractivity contribution < 1.29 is 27.6 Å². The average molecular weight is 789 g/mol. The Morgan fingerprint density at radius 1 is 0.981 bits per heavy atom. The normalized spacial score (nSPS) is 13.4. The largest absolute Gasteiger partial charge is 0.417 e. The molecule has 0 aliphatic heterocycles. The minimum absolute atomic E-state index is 0.0195. The number of hydrogen-bond donors (Lipinski definition) is 6. The summed E-state index contributed by atoms with van der Waals surface area (Å²) in [6.45, 7) is 2.23. The van der Waals surface area contributed by atoms with E-state index in [4.69, 9.17) is 28.8 Å². The maximum Gasteiger partial charge on any atom is 0.417 e. The maximum absolute atomic E-state index is 14.4. The van der Waals surface area contributed by atoms with Crippen molar-refractivity contribution in [2.75, 3.05) is 20.1 Å². The molecule has 0 saturated heterocycles. The van der Waals surface area contributed by atoms with E-state index in [0.717, 1.165) is 45.9 Å². The maximum atomic E-state index is 14.4. The zero-order valence-corrected chi connectivity index (χ0v) is 31.9. The molecule has 3 amide bonds. The summed E-state index contributed by atoms with van der Waals surface area (Å²) in [5, 5.41) is 6.78. The van der Waals surface area contributed by atoms with Gasteiger partial charge in [0.05, 0.1) is 11.6 Å². The number of rotatable bonds is 19. The van der Waals surface area contributed by atoms with Gasteiger partial charge in [0.25, 0.3) is 0 Å². The molecule has 0 bridgehead atoms. The monoisotopic (exact) mass is 788 g/mol. The van der Waals surface area contributed by atoms with Crippen LogP contribution in [-0.4, -0.2) is 70.9 Å². The molecule has 0 unspecified atom stereocenters. The molecule has 4 rings (SSSR count). The van der Waals surface area contributed by atoms with Crippen LogP contribution in [0.25, 0.3) is 10.9 Å². The first-order chi connectivity index (χ1) is 25.8. The molecule has 11 nitrogen and oxygen atoms in total. The Bertz CT molecular complexity index is 1890. The minimum atomic E-state index is -4.73. The van der Waals surface area contributed by atoms with Crippen LogP contribution in [0.5, 0.6) is 0 Å². The summed E-state index contributed by atoms with van der Waals surface area (Å²) in [5.74, 6) is -1.70. The van der Waals surface area contributed by atoms with Crippen molar-refractivity contribution in [2.45, 2.75) is 92.6 Å². The van der Waals surface area contributed by atoms with Gasteiger partial charge < -0.3 is 37.7 Å². The summed E-state index contributed by atoms with van der Waals surface area (Å²) >= 11 is 7.40. The van der Waals surface area contributed by atoms with Gasteiger partial charge in [-0.25, -0.2) is 4.98 Å². The predicted molar refractivity (Wildman–Crippen MR) is 206 cm³/mol. The number of benzene rings is 2. The molecule has 0 radical (unpaired) electrons. The van der Waals surface area contributed by atoms with Gasteiger partial charge in [0.1, 0.15) is 17.1 Å². The molecule has 0 saturated carbocycles. The quantitative estimate of drug-likeness (QED) is 0.0691. The fraction of sp³-hybridized carbons (Fsp3) is 0.421. The first-order valence-electron chi connectivity index (χ1n) is 17.9. The molecule has 3 atom stereocenters. The number of carbonyl (C=O) groups excluding carboxylic acids is 3. The van der Waals surface area contributed by atoms with Crippen LogP contribution in [0.3, 0.4) is 0 Å². The number of halogens is 4. The molecular weight excluding hydrogens is 741 g/mol. The van der Waals surface area contributed by atoms with Crippen LogP contribution in [0.1, 0.15) is 61.3 Å². The number of nitrogens with one attached hydrogen (secondary N) is 3. The molecule has 16 heteroatoms. The van der Waals surface area contributed by atoms with E-state index in [1.54, 1.807) is 18.3 Å². The van der Waals surface area contributed by atoms with Crippen molar-refractivity contribution in [1.29, 1.82) is 0 Å². The summed E-state index contributed by atoms with van der Waals surface area (Å²) in [6, 6.07) is 9.96. The van der Waals surface area contributed by atoms with Gasteiger partial charge in [-0.3, -0.25) is 14.4 Å². The van der Waals surface area contributed by atoms with E-state index in [2.05, 4.69) is 20.6 Å². The highest BCUT2D eigenvalue weighted by Gasteiger charge is 2.37. The molecule has 54 heavy (non-hydrogen) atoms. The number of hydrogen-bond acceptors (Lipinski definition) is 8. The minimum Gasteiger partial charge on any atom is -0.361 e. The van der Waals surface area contributed by atoms with Crippen LogP contribution in [0, 0.1) is 0 Å². The van der Waals surface area contributed by atoms with E-state index in [-0.39, 0.29) is 34.9 Å². The molecule has 292 valence electrons. The van der Waals surface area contributed by atoms with E-state index in [1.807, 2.05) is 31.2 Å². The van der Waals surface area contributed by atoms with E-state index in [9.17, 15) is 27.6 Å². The van der Waals surface area contributed by atoms with Gasteiger partial charge >= 0.3 is 6.18 Å². The highest BCUT2D eigenvalue weighted by atomic mass is 35.5. The number of nitrogens with zero attached hydrogens (tertiary/aromatic N) is 2. The van der Waals surface area contributed by atoms with Gasteiger partial charge in [-0.2, -0.15) is 13.2 Å². The Kier molecular flexibility index (Phi) is 15.7. The third-order valence-corrected chi connectivity index (χ3v) is 10.8. The van der Waals surface area contributed by atoms with Crippen molar-refractivity contribution in [2.24, 2.45) is 17.2 Å². The number of nitrogens with two attached hydrogens (primary N) is 3. The van der Waals surface area contributed by atoms with Crippen molar-refractivity contribution in [1.82, 2.24) is 25.5 Å². The van der Waals surface area contributed by atoms with Crippen molar-refractivity contribution in [3.8, 4) is 0 Å². The molecule has 0 fully saturated rings. The van der Waals surface area contributed by atoms with E-state index >= 15 is 0 Å². The first kappa shape index (κ1) is 42.6. The molecule has 2 aromatic heterocycles. The summed E-state index contributed by atoms with van der Waals surface area (Å²) in [4.78, 5) is 50.2. The molecule has 0 spiro atoms. The van der Waals surface area contributed by atoms with Gasteiger partial charge in [-0.05, 0) is 87.0 Å². The van der Waals surface area contributed by atoms with Crippen molar-refractivity contribution >= 4 is 52.0 Å². The molecule has 2 aromatic carbocycles. The molecule has 4 aromatic rings. The van der Waals surface area contributed by atoms with Gasteiger partial charge in [0.15, 0.2) is 0 Å². The third kappa shape index (κ3) is 11.0. The lowest BCUT2D eigenvalue weighted by atomic mass is 10.0. The molecule has 9 N–H and O–H groups in total. The number of pyridine rings is 1. The lowest BCUT2D eigenvalue weighted by Gasteiger charge is -2.31. The lowest BCUT2D eigenvalue weighted by Crippen LogP contribution is -2.56. The van der Waals surface area contributed by atoms with Crippen LogP contribution >= 0.6 is 23.4 Å². The number of fused-ring (bicyclic) bond motifs is 1. The number of para-hydroxylation sites is 1. The Labute approximate surface area is 322 Å². The number of amides is 3. The summed E-state index contributed by atoms with van der Waals surface area (Å²) in [6.07, 6.45) is 1.30. The third-order valence-electron chi connectivity index (χ3n) is 9.20.